The third-order valence-corrected chi connectivity index (χ3v) is 4.30. The maximum absolute atomic E-state index is 12.4. The van der Waals surface area contributed by atoms with E-state index in [0.29, 0.717) is 13.1 Å². The molecule has 2 aromatic rings. The number of amides is 2. The number of furan rings is 1. The van der Waals surface area contributed by atoms with E-state index in [9.17, 15) is 4.79 Å². The summed E-state index contributed by atoms with van der Waals surface area (Å²) in [6.45, 7) is 4.90. The molecule has 1 fully saturated rings. The molecular weight excluding hydrogens is 306 g/mol. The van der Waals surface area contributed by atoms with Crippen molar-refractivity contribution in [3.63, 3.8) is 0 Å². The highest BCUT2D eigenvalue weighted by Gasteiger charge is 2.23. The van der Waals surface area contributed by atoms with Gasteiger partial charge in [-0.05, 0) is 31.2 Å². The van der Waals surface area contributed by atoms with Crippen LogP contribution in [0.1, 0.15) is 18.7 Å². The molecule has 0 bridgehead atoms. The highest BCUT2D eigenvalue weighted by Crippen LogP contribution is 2.22. The van der Waals surface area contributed by atoms with Gasteiger partial charge in [0.15, 0.2) is 0 Å². The molecule has 0 unspecified atom stereocenters. The van der Waals surface area contributed by atoms with E-state index in [-0.39, 0.29) is 12.1 Å². The molecule has 1 aliphatic rings. The monoisotopic (exact) mass is 329 g/mol. The van der Waals surface area contributed by atoms with Gasteiger partial charge in [-0.1, -0.05) is 6.07 Å². The van der Waals surface area contributed by atoms with Gasteiger partial charge in [-0.3, -0.25) is 0 Å². The summed E-state index contributed by atoms with van der Waals surface area (Å²) in [6, 6.07) is 11.5. The van der Waals surface area contributed by atoms with E-state index in [2.05, 4.69) is 16.3 Å². The number of hydrogen-bond donors (Lipinski definition) is 1. The van der Waals surface area contributed by atoms with Crippen LogP contribution in [0.4, 0.5) is 10.5 Å². The van der Waals surface area contributed by atoms with Crippen LogP contribution in [-0.2, 0) is 0 Å². The Labute approximate surface area is 142 Å². The Bertz CT molecular complexity index is 664. The lowest BCUT2D eigenvalue weighted by Gasteiger charge is -2.36. The van der Waals surface area contributed by atoms with E-state index in [1.807, 2.05) is 42.2 Å². The lowest BCUT2D eigenvalue weighted by molar-refractivity contribution is 0.189. The molecule has 6 heteroatoms. The van der Waals surface area contributed by atoms with Crippen LogP contribution >= 0.6 is 0 Å². The second kappa shape index (κ2) is 7.29. The summed E-state index contributed by atoms with van der Waals surface area (Å²) in [6.07, 6.45) is 1.62. The molecule has 1 saturated heterocycles. The van der Waals surface area contributed by atoms with E-state index in [1.165, 1.54) is 0 Å². The average molecular weight is 329 g/mol. The number of nitrogens with zero attached hydrogens (tertiary/aromatic N) is 2. The molecular formula is C18H23N3O3. The van der Waals surface area contributed by atoms with Crippen LogP contribution in [0, 0.1) is 0 Å². The Morgan fingerprint density at radius 1 is 1.21 bits per heavy atom. The van der Waals surface area contributed by atoms with Gasteiger partial charge in [0.05, 0.1) is 19.4 Å². The molecule has 1 aliphatic heterocycles. The summed E-state index contributed by atoms with van der Waals surface area (Å²) >= 11 is 0. The second-order valence-corrected chi connectivity index (χ2v) is 5.86. The number of anilines is 1. The zero-order chi connectivity index (χ0) is 16.9. The van der Waals surface area contributed by atoms with Gasteiger partial charge in [-0.15, -0.1) is 0 Å². The highest BCUT2D eigenvalue weighted by molar-refractivity contribution is 5.75. The maximum Gasteiger partial charge on any atom is 0.318 e. The van der Waals surface area contributed by atoms with Crippen molar-refractivity contribution >= 4 is 11.7 Å². The van der Waals surface area contributed by atoms with Crippen LogP contribution in [-0.4, -0.2) is 44.2 Å². The van der Waals surface area contributed by atoms with Gasteiger partial charge >= 0.3 is 6.03 Å². The summed E-state index contributed by atoms with van der Waals surface area (Å²) in [5.74, 6) is 1.61. The first-order valence-corrected chi connectivity index (χ1v) is 8.15. The molecule has 0 aliphatic carbocycles. The van der Waals surface area contributed by atoms with Crippen molar-refractivity contribution in [2.24, 2.45) is 0 Å². The zero-order valence-electron chi connectivity index (χ0n) is 14.1. The summed E-state index contributed by atoms with van der Waals surface area (Å²) in [5, 5.41) is 2.98. The van der Waals surface area contributed by atoms with Crippen molar-refractivity contribution in [1.29, 1.82) is 0 Å². The SMILES string of the molecule is COc1cccc(N2CCN(C(=O)N[C@@H](C)c3ccco3)CC2)c1. The Morgan fingerprint density at radius 2 is 2.00 bits per heavy atom. The first-order chi connectivity index (χ1) is 11.7. The van der Waals surface area contributed by atoms with E-state index in [4.69, 9.17) is 9.15 Å². The molecule has 3 rings (SSSR count). The van der Waals surface area contributed by atoms with E-state index >= 15 is 0 Å². The molecule has 0 spiro atoms. The van der Waals surface area contributed by atoms with Crippen LogP contribution in [0.25, 0.3) is 0 Å². The number of urea groups is 1. The summed E-state index contributed by atoms with van der Waals surface area (Å²) in [4.78, 5) is 16.5. The Morgan fingerprint density at radius 3 is 2.67 bits per heavy atom. The fourth-order valence-corrected chi connectivity index (χ4v) is 2.86. The van der Waals surface area contributed by atoms with Crippen molar-refractivity contribution in [3.8, 4) is 5.75 Å². The maximum atomic E-state index is 12.4. The van der Waals surface area contributed by atoms with Gasteiger partial charge in [0, 0.05) is 37.9 Å². The van der Waals surface area contributed by atoms with Gasteiger partial charge in [0.25, 0.3) is 0 Å². The van der Waals surface area contributed by atoms with Gasteiger partial charge in [0.1, 0.15) is 11.5 Å². The van der Waals surface area contributed by atoms with Gasteiger partial charge in [0.2, 0.25) is 0 Å². The number of benzene rings is 1. The van der Waals surface area contributed by atoms with Gasteiger partial charge in [-0.2, -0.15) is 0 Å². The average Bonchev–Trinajstić information content (AvgIpc) is 3.16. The second-order valence-electron chi connectivity index (χ2n) is 5.86. The smallest absolute Gasteiger partial charge is 0.318 e. The van der Waals surface area contributed by atoms with E-state index in [0.717, 1.165) is 30.3 Å². The molecule has 1 atom stereocenters. The molecule has 1 aromatic carbocycles. The first-order valence-electron chi connectivity index (χ1n) is 8.15. The molecule has 1 aromatic heterocycles. The van der Waals surface area contributed by atoms with Crippen LogP contribution in [0.5, 0.6) is 5.75 Å². The molecule has 2 amide bonds. The topological polar surface area (TPSA) is 58.0 Å². The van der Waals surface area contributed by atoms with Crippen molar-refractivity contribution in [2.45, 2.75) is 13.0 Å². The molecule has 24 heavy (non-hydrogen) atoms. The Balaban J connectivity index is 1.53. The van der Waals surface area contributed by atoms with Crippen molar-refractivity contribution < 1.29 is 13.9 Å². The van der Waals surface area contributed by atoms with Crippen molar-refractivity contribution in [2.75, 3.05) is 38.2 Å². The largest absolute Gasteiger partial charge is 0.497 e. The fraction of sp³-hybridized carbons (Fsp3) is 0.389. The molecule has 0 radical (unpaired) electrons. The molecule has 0 saturated carbocycles. The number of piperazine rings is 1. The number of hydrogen-bond acceptors (Lipinski definition) is 4. The third kappa shape index (κ3) is 3.64. The summed E-state index contributed by atoms with van der Waals surface area (Å²) < 4.78 is 10.6. The van der Waals surface area contributed by atoms with Crippen molar-refractivity contribution in [3.05, 3.63) is 48.4 Å². The first kappa shape index (κ1) is 16.2. The minimum Gasteiger partial charge on any atom is -0.497 e. The molecule has 128 valence electrons. The minimum absolute atomic E-state index is 0.0517. The zero-order valence-corrected chi connectivity index (χ0v) is 14.1. The van der Waals surface area contributed by atoms with Gasteiger partial charge in [-0.25, -0.2) is 4.79 Å². The predicted molar refractivity (Wildman–Crippen MR) is 92.4 cm³/mol. The summed E-state index contributed by atoms with van der Waals surface area (Å²) in [7, 11) is 1.67. The van der Waals surface area contributed by atoms with E-state index in [1.54, 1.807) is 13.4 Å². The molecule has 1 N–H and O–H groups in total. The lowest BCUT2D eigenvalue weighted by atomic mass is 10.2. The van der Waals surface area contributed by atoms with E-state index < -0.39 is 0 Å². The Kier molecular flexibility index (Phi) is 4.93. The normalized spacial score (nSPS) is 15.9. The van der Waals surface area contributed by atoms with Crippen molar-refractivity contribution in [1.82, 2.24) is 10.2 Å². The quantitative estimate of drug-likeness (QED) is 0.937. The van der Waals surface area contributed by atoms with Crippen LogP contribution in [0.15, 0.2) is 47.1 Å². The summed E-state index contributed by atoms with van der Waals surface area (Å²) in [5.41, 5.74) is 1.12. The lowest BCUT2D eigenvalue weighted by Crippen LogP contribution is -2.52. The predicted octanol–water partition coefficient (Wildman–Crippen LogP) is 2.88. The number of ether oxygens (including phenoxy) is 1. The third-order valence-electron chi connectivity index (χ3n) is 4.30. The minimum atomic E-state index is -0.135. The highest BCUT2D eigenvalue weighted by atomic mass is 16.5. The fourth-order valence-electron chi connectivity index (χ4n) is 2.86. The number of carbonyl (C=O) groups is 1. The van der Waals surface area contributed by atoms with Crippen LogP contribution in [0.2, 0.25) is 0 Å². The Hall–Kier alpha value is -2.63. The number of nitrogens with one attached hydrogen (secondary N) is 1. The number of rotatable bonds is 4. The standard InChI is InChI=1S/C18H23N3O3/c1-14(17-7-4-12-24-17)19-18(22)21-10-8-20(9-11-21)15-5-3-6-16(13-15)23-2/h3-7,12-14H,8-11H2,1-2H3,(H,19,22)/t14-/m0/s1. The van der Waals surface area contributed by atoms with Gasteiger partial charge < -0.3 is 24.3 Å². The van der Waals surface area contributed by atoms with Crippen LogP contribution < -0.4 is 15.0 Å². The number of carbonyl (C=O) groups excluding carboxylic acids is 1. The van der Waals surface area contributed by atoms with Crippen LogP contribution in [0.3, 0.4) is 0 Å². The molecule has 6 nitrogen and oxygen atoms in total. The molecule has 2 heterocycles. The number of methoxy groups -OCH3 is 1.